The summed E-state index contributed by atoms with van der Waals surface area (Å²) in [5.74, 6) is 0.397. The number of piperazine rings is 1. The number of rotatable bonds is 13. The molecule has 4 aliphatic heterocycles. The van der Waals surface area contributed by atoms with Gasteiger partial charge in [-0.25, -0.2) is 0 Å². The standard InChI is InChI=1S/C47H53BN5O5/c1-2-41(35-7-4-3-5-8-35)45(37-13-16-40(17-14-37)58-48-57)36-11-9-33(10-12-36)34-21-25-50(26-22-34)23-6-24-51-27-29-52(30-28-51)39-15-18-42-38(31-39)32-53(47(42)56)43-19-20-44(54)49-46(43)55/h3-5,7-18,31,34,43,57H,2,6,19-30,32H2,1H3,(H,49,54,55)/b45-41-. The number of piperidine rings is 2. The largest absolute Gasteiger partial charge is 0.569 e. The molecule has 8 rings (SSSR count). The average Bonchev–Trinajstić information content (AvgIpc) is 3.59. The topological polar surface area (TPSA) is 106 Å². The zero-order valence-corrected chi connectivity index (χ0v) is 33.4. The Bertz CT molecular complexity index is 2110. The Morgan fingerprint density at radius 2 is 1.45 bits per heavy atom. The molecule has 3 fully saturated rings. The van der Waals surface area contributed by atoms with Gasteiger partial charge in [0, 0.05) is 50.4 Å². The second-order valence-corrected chi connectivity index (χ2v) is 16.0. The Morgan fingerprint density at radius 3 is 2.10 bits per heavy atom. The predicted octanol–water partition coefficient (Wildman–Crippen LogP) is 6.11. The minimum atomic E-state index is -0.587. The van der Waals surface area contributed by atoms with E-state index in [4.69, 9.17) is 9.68 Å². The Hall–Kier alpha value is -5.23. The van der Waals surface area contributed by atoms with E-state index in [9.17, 15) is 14.4 Å². The zero-order chi connectivity index (χ0) is 40.0. The summed E-state index contributed by atoms with van der Waals surface area (Å²) in [7, 11) is 0.715. The molecule has 3 amide bonds. The van der Waals surface area contributed by atoms with Crippen LogP contribution in [0.3, 0.4) is 0 Å². The van der Waals surface area contributed by atoms with E-state index < -0.39 is 6.04 Å². The van der Waals surface area contributed by atoms with Gasteiger partial charge in [0.05, 0.1) is 0 Å². The smallest absolute Gasteiger partial charge is 0.537 e. The second kappa shape index (κ2) is 18.1. The molecule has 1 radical (unpaired) electrons. The highest BCUT2D eigenvalue weighted by molar-refractivity contribution is 6.17. The molecule has 0 saturated carbocycles. The Morgan fingerprint density at radius 1 is 0.776 bits per heavy atom. The highest BCUT2D eigenvalue weighted by Crippen LogP contribution is 2.37. The third-order valence-corrected chi connectivity index (χ3v) is 12.6. The van der Waals surface area contributed by atoms with Crippen molar-refractivity contribution in [3.05, 3.63) is 130 Å². The van der Waals surface area contributed by atoms with Crippen LogP contribution in [0.15, 0.2) is 97.1 Å². The van der Waals surface area contributed by atoms with Gasteiger partial charge in [-0.05, 0) is 133 Å². The second-order valence-electron chi connectivity index (χ2n) is 16.0. The molecular formula is C47H53BN5O5. The van der Waals surface area contributed by atoms with Crippen LogP contribution in [0.4, 0.5) is 5.69 Å². The summed E-state index contributed by atoms with van der Waals surface area (Å²) in [5, 5.41) is 11.5. The van der Waals surface area contributed by atoms with Crippen molar-refractivity contribution in [3.8, 4) is 5.75 Å². The van der Waals surface area contributed by atoms with Gasteiger partial charge in [0.25, 0.3) is 5.91 Å². The van der Waals surface area contributed by atoms with Crippen molar-refractivity contribution in [2.45, 2.75) is 64.0 Å². The fourth-order valence-electron chi connectivity index (χ4n) is 9.36. The number of imide groups is 1. The lowest BCUT2D eigenvalue weighted by molar-refractivity contribution is -0.136. The maximum atomic E-state index is 13.1. The number of fused-ring (bicyclic) bond motifs is 1. The Kier molecular flexibility index (Phi) is 12.4. The molecule has 4 aliphatic rings. The molecule has 299 valence electrons. The quantitative estimate of drug-likeness (QED) is 0.0953. The van der Waals surface area contributed by atoms with Gasteiger partial charge in [0.2, 0.25) is 11.8 Å². The number of carbonyl (C=O) groups is 3. The van der Waals surface area contributed by atoms with Gasteiger partial charge in [0.15, 0.2) is 0 Å². The number of allylic oxidation sites excluding steroid dienone is 1. The van der Waals surface area contributed by atoms with Gasteiger partial charge in [-0.1, -0.05) is 73.7 Å². The third-order valence-electron chi connectivity index (χ3n) is 12.6. The molecule has 0 aromatic heterocycles. The number of benzene rings is 4. The van der Waals surface area contributed by atoms with Crippen molar-refractivity contribution in [2.24, 2.45) is 0 Å². The van der Waals surface area contributed by atoms with E-state index in [1.54, 1.807) is 4.90 Å². The molecule has 0 bridgehead atoms. The van der Waals surface area contributed by atoms with Crippen molar-refractivity contribution >= 4 is 42.2 Å². The van der Waals surface area contributed by atoms with Crippen molar-refractivity contribution in [1.82, 2.24) is 20.0 Å². The molecule has 10 nitrogen and oxygen atoms in total. The first-order valence-electron chi connectivity index (χ1n) is 21.0. The first kappa shape index (κ1) is 39.6. The lowest BCUT2D eigenvalue weighted by Gasteiger charge is -2.37. The Labute approximate surface area is 342 Å². The first-order valence-corrected chi connectivity index (χ1v) is 21.0. The lowest BCUT2D eigenvalue weighted by Crippen LogP contribution is -2.52. The van der Waals surface area contributed by atoms with Crippen molar-refractivity contribution in [1.29, 1.82) is 0 Å². The van der Waals surface area contributed by atoms with E-state index in [-0.39, 0.29) is 24.1 Å². The van der Waals surface area contributed by atoms with Gasteiger partial charge in [-0.2, -0.15) is 0 Å². The van der Waals surface area contributed by atoms with Crippen LogP contribution in [0.25, 0.3) is 11.1 Å². The van der Waals surface area contributed by atoms with Gasteiger partial charge < -0.3 is 24.4 Å². The molecule has 1 atom stereocenters. The number of carbonyl (C=O) groups excluding carboxylic acids is 3. The summed E-state index contributed by atoms with van der Waals surface area (Å²) in [6, 6.07) is 33.3. The van der Waals surface area contributed by atoms with E-state index in [1.165, 1.54) is 40.7 Å². The number of nitrogens with one attached hydrogen (secondary N) is 1. The third kappa shape index (κ3) is 8.77. The molecule has 4 heterocycles. The van der Waals surface area contributed by atoms with Crippen LogP contribution in [0.1, 0.15) is 89.5 Å². The number of hydrogen-bond donors (Lipinski definition) is 2. The summed E-state index contributed by atoms with van der Waals surface area (Å²) in [6.45, 7) is 11.0. The van der Waals surface area contributed by atoms with Crippen LogP contribution in [0.5, 0.6) is 5.75 Å². The average molecular weight is 779 g/mol. The van der Waals surface area contributed by atoms with E-state index in [1.807, 2.05) is 24.3 Å². The summed E-state index contributed by atoms with van der Waals surface area (Å²) < 4.78 is 5.19. The minimum Gasteiger partial charge on any atom is -0.537 e. The molecule has 4 aromatic rings. The fraction of sp³-hybridized carbons (Fsp3) is 0.383. The SMILES string of the molecule is CC/C(=C(/c1ccc(O[B]O)cc1)c1ccc(C2CCN(CCCN3CCN(c4ccc5c(c4)CN(C4CCC(=O)NC4=O)C5=O)CC3)CC2)cc1)c1ccccc1. The van der Waals surface area contributed by atoms with E-state index in [0.29, 0.717) is 37.9 Å². The normalized spacial score (nSPS) is 19.8. The predicted molar refractivity (Wildman–Crippen MR) is 228 cm³/mol. The van der Waals surface area contributed by atoms with Crippen LogP contribution in [0.2, 0.25) is 0 Å². The molecular weight excluding hydrogens is 725 g/mol. The molecule has 3 saturated heterocycles. The summed E-state index contributed by atoms with van der Waals surface area (Å²) >= 11 is 0. The molecule has 0 aliphatic carbocycles. The van der Waals surface area contributed by atoms with Crippen molar-refractivity contribution in [2.75, 3.05) is 57.3 Å². The van der Waals surface area contributed by atoms with Gasteiger partial charge >= 0.3 is 7.69 Å². The number of likely N-dealkylation sites (tertiary alicyclic amines) is 1. The molecule has 2 N–H and O–H groups in total. The number of hydrogen-bond acceptors (Lipinski definition) is 8. The van der Waals surface area contributed by atoms with Crippen molar-refractivity contribution in [3.63, 3.8) is 0 Å². The molecule has 1 unspecified atom stereocenters. The Balaban J connectivity index is 0.805. The van der Waals surface area contributed by atoms with E-state index in [0.717, 1.165) is 82.0 Å². The molecule has 11 heteroatoms. The van der Waals surface area contributed by atoms with Crippen LogP contribution < -0.4 is 14.9 Å². The van der Waals surface area contributed by atoms with Crippen LogP contribution in [-0.4, -0.2) is 104 Å². The van der Waals surface area contributed by atoms with Crippen LogP contribution in [0, 0.1) is 0 Å². The van der Waals surface area contributed by atoms with Crippen LogP contribution >= 0.6 is 0 Å². The summed E-state index contributed by atoms with van der Waals surface area (Å²) in [5.41, 5.74) is 10.2. The van der Waals surface area contributed by atoms with Crippen molar-refractivity contribution < 1.29 is 24.1 Å². The molecule has 0 spiro atoms. The highest BCUT2D eigenvalue weighted by Gasteiger charge is 2.39. The number of nitrogens with zero attached hydrogens (tertiary/aromatic N) is 4. The highest BCUT2D eigenvalue weighted by atomic mass is 16.5. The van der Waals surface area contributed by atoms with Crippen LogP contribution in [-0.2, 0) is 16.1 Å². The monoisotopic (exact) mass is 778 g/mol. The number of amides is 3. The first-order chi connectivity index (χ1) is 28.4. The van der Waals surface area contributed by atoms with E-state index >= 15 is 0 Å². The van der Waals surface area contributed by atoms with E-state index in [2.05, 4.69) is 99.7 Å². The number of anilines is 1. The summed E-state index contributed by atoms with van der Waals surface area (Å²) in [6.07, 6.45) is 5.05. The zero-order valence-electron chi connectivity index (χ0n) is 33.4. The molecule has 58 heavy (non-hydrogen) atoms. The maximum absolute atomic E-state index is 13.1. The van der Waals surface area contributed by atoms with Gasteiger partial charge in [-0.3, -0.25) is 24.6 Å². The van der Waals surface area contributed by atoms with Gasteiger partial charge in [0.1, 0.15) is 11.8 Å². The lowest BCUT2D eigenvalue weighted by atomic mass is 9.85. The van der Waals surface area contributed by atoms with Gasteiger partial charge in [-0.15, -0.1) is 0 Å². The molecule has 4 aromatic carbocycles. The fourth-order valence-corrected chi connectivity index (χ4v) is 9.36. The maximum Gasteiger partial charge on any atom is 0.569 e. The minimum absolute atomic E-state index is 0.124. The summed E-state index contributed by atoms with van der Waals surface area (Å²) in [4.78, 5) is 46.5.